The number of amides is 1. The van der Waals surface area contributed by atoms with Crippen LogP contribution >= 0.6 is 0 Å². The van der Waals surface area contributed by atoms with E-state index in [0.29, 0.717) is 32.4 Å². The highest BCUT2D eigenvalue weighted by molar-refractivity contribution is 7.77. The number of carbonyl (C=O) groups excluding carboxylic acids is 3. The van der Waals surface area contributed by atoms with Gasteiger partial charge in [0.25, 0.3) is 5.78 Å². The Kier molecular flexibility index (Phi) is 6.44. The maximum absolute atomic E-state index is 13.6. The van der Waals surface area contributed by atoms with Gasteiger partial charge in [-0.25, -0.2) is 9.28 Å². The molecule has 1 aliphatic rings. The van der Waals surface area contributed by atoms with Gasteiger partial charge in [0.05, 0.1) is 18.2 Å². The first kappa shape index (κ1) is 22.6. The maximum atomic E-state index is 13.6. The molecule has 1 heterocycles. The Morgan fingerprint density at radius 3 is 2.37 bits per heavy atom. The third kappa shape index (κ3) is 3.69. The Morgan fingerprint density at radius 1 is 1.07 bits per heavy atom. The fourth-order valence-corrected chi connectivity index (χ4v) is 5.27. The number of carbonyl (C=O) groups is 3. The lowest BCUT2D eigenvalue weighted by Gasteiger charge is -2.40. The standard InChI is InChI=1S/C25H31NO3S/c1-5-15-26(23(28)22(27)25(3,4)6-2)16-14-20(21(26)24(29)30)19-13-9-11-17-10-7-8-12-18(17)19/h7-13,20-21H,5-6,14-16H2,1-4H3. The lowest BCUT2D eigenvalue weighted by Crippen LogP contribution is -2.63. The highest BCUT2D eigenvalue weighted by Gasteiger charge is 2.57. The normalized spacial score (nSPS) is 24.1. The first-order valence-electron chi connectivity index (χ1n) is 10.8. The average molecular weight is 426 g/mol. The molecule has 3 atom stereocenters. The molecule has 0 saturated carbocycles. The van der Waals surface area contributed by atoms with Crippen LogP contribution in [0.25, 0.3) is 10.8 Å². The van der Waals surface area contributed by atoms with E-state index in [1.165, 1.54) is 0 Å². The molecule has 0 bridgehead atoms. The molecule has 4 nitrogen and oxygen atoms in total. The Balaban J connectivity index is 2.13. The third-order valence-corrected chi connectivity index (χ3v) is 7.18. The van der Waals surface area contributed by atoms with Crippen LogP contribution in [0.1, 0.15) is 58.4 Å². The number of hydrogen-bond acceptors (Lipinski definition) is 4. The molecule has 30 heavy (non-hydrogen) atoms. The minimum absolute atomic E-state index is 0.130. The van der Waals surface area contributed by atoms with Crippen molar-refractivity contribution >= 4 is 40.2 Å². The van der Waals surface area contributed by atoms with E-state index in [0.717, 1.165) is 16.3 Å². The number of ketones is 1. The molecule has 2 aromatic rings. The van der Waals surface area contributed by atoms with Crippen LogP contribution in [-0.4, -0.2) is 40.4 Å². The van der Waals surface area contributed by atoms with Gasteiger partial charge in [0.2, 0.25) is 0 Å². The van der Waals surface area contributed by atoms with Crippen LogP contribution < -0.4 is 0 Å². The zero-order chi connectivity index (χ0) is 22.1. The van der Waals surface area contributed by atoms with Gasteiger partial charge in [-0.1, -0.05) is 70.2 Å². The summed E-state index contributed by atoms with van der Waals surface area (Å²) in [5, 5.41) is 1.75. The summed E-state index contributed by atoms with van der Waals surface area (Å²) in [5.41, 5.74) is 0.297. The summed E-state index contributed by atoms with van der Waals surface area (Å²) in [6.07, 6.45) is 1.93. The summed E-state index contributed by atoms with van der Waals surface area (Å²) in [7, 11) is 0. The fourth-order valence-electron chi connectivity index (χ4n) is 4.91. The van der Waals surface area contributed by atoms with Crippen molar-refractivity contribution in [1.29, 1.82) is 0 Å². The first-order chi connectivity index (χ1) is 14.2. The summed E-state index contributed by atoms with van der Waals surface area (Å²) < 4.78 is -0.130. The zero-order valence-corrected chi connectivity index (χ0v) is 19.1. The molecule has 0 N–H and O–H groups in total. The van der Waals surface area contributed by atoms with E-state index in [1.807, 2.05) is 50.2 Å². The summed E-state index contributed by atoms with van der Waals surface area (Å²) in [6, 6.07) is 13.4. The van der Waals surface area contributed by atoms with E-state index in [9.17, 15) is 14.4 Å². The Bertz CT molecular complexity index is 978. The van der Waals surface area contributed by atoms with Gasteiger partial charge >= 0.3 is 5.91 Å². The van der Waals surface area contributed by atoms with E-state index in [4.69, 9.17) is 12.6 Å². The molecule has 160 valence electrons. The smallest absolute Gasteiger partial charge is 0.382 e. The largest absolute Gasteiger partial charge is 0.736 e. The van der Waals surface area contributed by atoms with Gasteiger partial charge in [-0.05, 0) is 29.2 Å². The van der Waals surface area contributed by atoms with Crippen molar-refractivity contribution in [2.24, 2.45) is 5.41 Å². The molecule has 1 aliphatic heterocycles. The predicted octanol–water partition coefficient (Wildman–Crippen LogP) is 4.53. The van der Waals surface area contributed by atoms with E-state index in [1.54, 1.807) is 13.8 Å². The van der Waals surface area contributed by atoms with Crippen molar-refractivity contribution < 1.29 is 18.9 Å². The van der Waals surface area contributed by atoms with Crippen molar-refractivity contribution in [3.8, 4) is 0 Å². The van der Waals surface area contributed by atoms with Crippen LogP contribution in [-0.2, 0) is 27.0 Å². The van der Waals surface area contributed by atoms with Gasteiger partial charge in [0.1, 0.15) is 6.04 Å². The Labute approximate surface area is 184 Å². The van der Waals surface area contributed by atoms with Crippen LogP contribution in [0.4, 0.5) is 0 Å². The van der Waals surface area contributed by atoms with E-state index in [2.05, 4.69) is 6.07 Å². The molecule has 3 unspecified atom stereocenters. The minimum atomic E-state index is -0.747. The molecular formula is C25H31NO3S. The predicted molar refractivity (Wildman–Crippen MR) is 122 cm³/mol. The second kappa shape index (κ2) is 8.56. The van der Waals surface area contributed by atoms with Gasteiger partial charge in [0, 0.05) is 17.8 Å². The van der Waals surface area contributed by atoms with Crippen LogP contribution in [0.15, 0.2) is 42.5 Å². The zero-order valence-electron chi connectivity index (χ0n) is 18.3. The molecule has 2 aromatic carbocycles. The van der Waals surface area contributed by atoms with Gasteiger partial charge in [-0.2, -0.15) is 0 Å². The summed E-state index contributed by atoms with van der Waals surface area (Å²) in [4.78, 5) is 39.7. The molecular weight excluding hydrogens is 394 g/mol. The van der Waals surface area contributed by atoms with Crippen LogP contribution in [0.5, 0.6) is 0 Å². The summed E-state index contributed by atoms with van der Waals surface area (Å²) in [6.45, 7) is 8.43. The second-order valence-electron chi connectivity index (χ2n) is 9.08. The molecule has 0 aliphatic carbocycles. The monoisotopic (exact) mass is 425 g/mol. The lowest BCUT2D eigenvalue weighted by atomic mass is 9.83. The fraction of sp³-hybridized carbons (Fsp3) is 0.480. The molecule has 1 amide bonds. The number of rotatable bonds is 7. The number of likely N-dealkylation sites (tertiary alicyclic amines) is 1. The van der Waals surface area contributed by atoms with Crippen LogP contribution in [0, 0.1) is 5.41 Å². The van der Waals surface area contributed by atoms with Gasteiger partial charge < -0.3 is 17.4 Å². The minimum Gasteiger partial charge on any atom is -0.736 e. The lowest BCUT2D eigenvalue weighted by molar-refractivity contribution is -0.854. The van der Waals surface area contributed by atoms with Crippen molar-refractivity contribution in [2.45, 2.75) is 58.9 Å². The first-order valence-corrected chi connectivity index (χ1v) is 11.2. The van der Waals surface area contributed by atoms with E-state index >= 15 is 0 Å². The summed E-state index contributed by atoms with van der Waals surface area (Å²) >= 11 is 5.21. The SMILES string of the molecule is CCC[N+]1(C(=O)C(=O)C(C)(C)CC)CCC(c2cccc3ccccc23)C1C(=O)[S-]. The van der Waals surface area contributed by atoms with Gasteiger partial charge in [0.15, 0.2) is 0 Å². The van der Waals surface area contributed by atoms with Crippen molar-refractivity contribution in [3.63, 3.8) is 0 Å². The molecule has 0 aromatic heterocycles. The number of quaternary nitrogens is 1. The average Bonchev–Trinajstić information content (AvgIpc) is 3.12. The molecule has 1 saturated heterocycles. The number of benzene rings is 2. The number of Topliss-reactive ketones (excluding diaryl/α,β-unsaturated/α-hetero) is 1. The molecule has 0 spiro atoms. The Hall–Kier alpha value is -2.11. The van der Waals surface area contributed by atoms with Gasteiger partial charge in [-0.15, -0.1) is 0 Å². The second-order valence-corrected chi connectivity index (χ2v) is 9.48. The Morgan fingerprint density at radius 2 is 1.73 bits per heavy atom. The highest BCUT2D eigenvalue weighted by Crippen LogP contribution is 2.43. The van der Waals surface area contributed by atoms with E-state index in [-0.39, 0.29) is 10.4 Å². The molecule has 3 rings (SSSR count). The summed E-state index contributed by atoms with van der Waals surface area (Å²) in [5.74, 6) is -1.01. The number of nitrogens with zero attached hydrogens (tertiary/aromatic N) is 1. The number of fused-ring (bicyclic) bond motifs is 1. The van der Waals surface area contributed by atoms with Gasteiger partial charge in [-0.3, -0.25) is 4.79 Å². The van der Waals surface area contributed by atoms with E-state index < -0.39 is 28.3 Å². The molecule has 1 fully saturated rings. The quantitative estimate of drug-likeness (QED) is 0.372. The van der Waals surface area contributed by atoms with Crippen molar-refractivity contribution in [3.05, 3.63) is 48.0 Å². The maximum Gasteiger partial charge on any atom is 0.382 e. The topological polar surface area (TPSA) is 51.2 Å². The van der Waals surface area contributed by atoms with Crippen LogP contribution in [0.3, 0.4) is 0 Å². The van der Waals surface area contributed by atoms with Crippen LogP contribution in [0.2, 0.25) is 0 Å². The third-order valence-electron chi connectivity index (χ3n) is 6.94. The number of hydrogen-bond donors (Lipinski definition) is 0. The molecule has 0 radical (unpaired) electrons. The highest BCUT2D eigenvalue weighted by atomic mass is 32.1. The van der Waals surface area contributed by atoms with Crippen molar-refractivity contribution in [2.75, 3.05) is 13.1 Å². The van der Waals surface area contributed by atoms with Crippen molar-refractivity contribution in [1.82, 2.24) is 0 Å². The molecule has 5 heteroatoms.